The molecule has 7 heteroatoms. The summed E-state index contributed by atoms with van der Waals surface area (Å²) in [6, 6.07) is 2.69. The zero-order chi connectivity index (χ0) is 13.1. The summed E-state index contributed by atoms with van der Waals surface area (Å²) in [6.07, 6.45) is 0.668. The summed E-state index contributed by atoms with van der Waals surface area (Å²) in [5.41, 5.74) is -0.610. The molecule has 2 N–H and O–H groups in total. The molecule has 0 fully saturated rings. The third-order valence-electron chi connectivity index (χ3n) is 1.56. The van der Waals surface area contributed by atoms with Crippen LogP contribution >= 0.6 is 0 Å². The van der Waals surface area contributed by atoms with E-state index in [-0.39, 0.29) is 10.7 Å². The highest BCUT2D eigenvalue weighted by Gasteiger charge is 2.16. The highest BCUT2D eigenvalue weighted by molar-refractivity contribution is 7.79. The van der Waals surface area contributed by atoms with Crippen LogP contribution in [0.5, 0.6) is 0 Å². The molecule has 94 valence electrons. The number of anilines is 1. The number of nitrogens with zero attached hydrogens (tertiary/aromatic N) is 1. The van der Waals surface area contributed by atoms with Crippen LogP contribution in [-0.2, 0) is 15.8 Å². The van der Waals surface area contributed by atoms with Gasteiger partial charge < -0.3 is 9.29 Å². The predicted molar refractivity (Wildman–Crippen MR) is 63.1 cm³/mol. The zero-order valence-corrected chi connectivity index (χ0v) is 10.6. The van der Waals surface area contributed by atoms with Gasteiger partial charge in [0.15, 0.2) is 11.1 Å². The Hall–Kier alpha value is -1.47. The highest BCUT2D eigenvalue weighted by atomic mass is 32.2. The van der Waals surface area contributed by atoms with Crippen LogP contribution in [0, 0.1) is 0 Å². The van der Waals surface area contributed by atoms with Gasteiger partial charge in [0.2, 0.25) is 0 Å². The number of amides is 1. The van der Waals surface area contributed by atoms with Crippen LogP contribution in [0.2, 0.25) is 0 Å². The van der Waals surface area contributed by atoms with Crippen molar-refractivity contribution in [2.75, 3.05) is 5.32 Å². The van der Waals surface area contributed by atoms with E-state index in [0.717, 1.165) is 0 Å². The van der Waals surface area contributed by atoms with Crippen LogP contribution in [0.25, 0.3) is 0 Å². The molecule has 1 aromatic rings. The van der Waals surface area contributed by atoms with Crippen molar-refractivity contribution in [1.29, 1.82) is 0 Å². The minimum Gasteiger partial charge on any atom is -0.444 e. The number of hydrogen-bond donors (Lipinski definition) is 2. The van der Waals surface area contributed by atoms with Crippen molar-refractivity contribution >= 4 is 23.0 Å². The van der Waals surface area contributed by atoms with Crippen LogP contribution in [0.3, 0.4) is 0 Å². The molecule has 0 saturated heterocycles. The first kappa shape index (κ1) is 13.6. The fraction of sp³-hybridized carbons (Fsp3) is 0.400. The minimum atomic E-state index is -2.11. The lowest BCUT2D eigenvalue weighted by atomic mass is 10.2. The standard InChI is InChI=1S/C10H14N2O4S/c1-10(2,3)16-9(13)12-8-6-7(17(14)15)4-5-11-8/h4-6H,1-3H3,(H,14,15)(H,11,12,13). The molecule has 1 rings (SSSR count). The number of pyridine rings is 1. The summed E-state index contributed by atoms with van der Waals surface area (Å²) >= 11 is -2.11. The minimum absolute atomic E-state index is 0.158. The van der Waals surface area contributed by atoms with Gasteiger partial charge in [-0.05, 0) is 32.9 Å². The van der Waals surface area contributed by atoms with Gasteiger partial charge in [-0.25, -0.2) is 14.0 Å². The van der Waals surface area contributed by atoms with E-state index in [1.807, 2.05) is 0 Å². The summed E-state index contributed by atoms with van der Waals surface area (Å²) in [7, 11) is 0. The lowest BCUT2D eigenvalue weighted by molar-refractivity contribution is 0.0635. The van der Waals surface area contributed by atoms with Crippen LogP contribution in [0.15, 0.2) is 23.2 Å². The molecule has 1 aromatic heterocycles. The number of hydrogen-bond acceptors (Lipinski definition) is 4. The van der Waals surface area contributed by atoms with Crippen LogP contribution in [0.1, 0.15) is 20.8 Å². The molecule has 1 heterocycles. The molecule has 1 atom stereocenters. The van der Waals surface area contributed by atoms with Crippen LogP contribution in [0.4, 0.5) is 10.6 Å². The monoisotopic (exact) mass is 258 g/mol. The predicted octanol–water partition coefficient (Wildman–Crippen LogP) is 2.01. The summed E-state index contributed by atoms with van der Waals surface area (Å²) in [5, 5.41) is 2.38. The van der Waals surface area contributed by atoms with Crippen molar-refractivity contribution in [2.45, 2.75) is 31.3 Å². The number of rotatable bonds is 2. The van der Waals surface area contributed by atoms with E-state index in [1.165, 1.54) is 18.3 Å². The average Bonchev–Trinajstić information content (AvgIpc) is 2.14. The number of carbonyl (C=O) groups excluding carboxylic acids is 1. The molecule has 0 bridgehead atoms. The number of nitrogens with one attached hydrogen (secondary N) is 1. The Kier molecular flexibility index (Phi) is 4.19. The topological polar surface area (TPSA) is 88.5 Å². The summed E-state index contributed by atoms with van der Waals surface area (Å²) in [4.78, 5) is 15.4. The van der Waals surface area contributed by atoms with E-state index in [4.69, 9.17) is 9.29 Å². The molecule has 0 aromatic carbocycles. The smallest absolute Gasteiger partial charge is 0.413 e. The fourth-order valence-corrected chi connectivity index (χ4v) is 1.39. The number of carbonyl (C=O) groups is 1. The molecule has 0 radical (unpaired) electrons. The van der Waals surface area contributed by atoms with Crippen LogP contribution in [-0.4, -0.2) is 25.4 Å². The Morgan fingerprint density at radius 3 is 2.71 bits per heavy atom. The Balaban J connectivity index is 2.72. The van der Waals surface area contributed by atoms with Gasteiger partial charge in [-0.15, -0.1) is 0 Å². The first-order chi connectivity index (χ1) is 7.78. The number of ether oxygens (including phenoxy) is 1. The van der Waals surface area contributed by atoms with Gasteiger partial charge in [0.1, 0.15) is 11.4 Å². The Bertz CT molecular complexity index is 442. The van der Waals surface area contributed by atoms with E-state index in [2.05, 4.69) is 10.3 Å². The first-order valence-electron chi connectivity index (χ1n) is 4.85. The van der Waals surface area contributed by atoms with Gasteiger partial charge in [0, 0.05) is 6.20 Å². The van der Waals surface area contributed by atoms with Gasteiger partial charge in [-0.2, -0.15) is 0 Å². The molecule has 0 spiro atoms. The van der Waals surface area contributed by atoms with Crippen molar-refractivity contribution < 1.29 is 18.3 Å². The SMILES string of the molecule is CC(C)(C)OC(=O)Nc1cc(S(=O)O)ccn1. The van der Waals surface area contributed by atoms with E-state index in [0.29, 0.717) is 0 Å². The summed E-state index contributed by atoms with van der Waals surface area (Å²) in [6.45, 7) is 5.21. The molecule has 17 heavy (non-hydrogen) atoms. The van der Waals surface area contributed by atoms with Crippen LogP contribution < -0.4 is 5.32 Å². The van der Waals surface area contributed by atoms with Gasteiger partial charge in [0.25, 0.3) is 0 Å². The van der Waals surface area contributed by atoms with Crippen molar-refractivity contribution in [3.05, 3.63) is 18.3 Å². The second-order valence-electron chi connectivity index (χ2n) is 4.25. The van der Waals surface area contributed by atoms with Crippen molar-refractivity contribution in [3.63, 3.8) is 0 Å². The maximum atomic E-state index is 11.4. The molecule has 0 aliphatic heterocycles. The normalized spacial score (nSPS) is 12.9. The average molecular weight is 258 g/mol. The lowest BCUT2D eigenvalue weighted by Crippen LogP contribution is -2.27. The maximum absolute atomic E-state index is 11.4. The zero-order valence-electron chi connectivity index (χ0n) is 9.76. The Morgan fingerprint density at radius 2 is 2.18 bits per heavy atom. The third kappa shape index (κ3) is 4.92. The van der Waals surface area contributed by atoms with Crippen molar-refractivity contribution in [2.24, 2.45) is 0 Å². The first-order valence-corrected chi connectivity index (χ1v) is 5.95. The van der Waals surface area contributed by atoms with E-state index in [9.17, 15) is 9.00 Å². The Labute approximate surface area is 102 Å². The molecule has 0 aliphatic rings. The fourth-order valence-electron chi connectivity index (χ4n) is 0.996. The van der Waals surface area contributed by atoms with Gasteiger partial charge in [-0.1, -0.05) is 0 Å². The number of aromatic nitrogens is 1. The summed E-state index contributed by atoms with van der Waals surface area (Å²) < 4.78 is 24.7. The molecule has 6 nitrogen and oxygen atoms in total. The van der Waals surface area contributed by atoms with Crippen molar-refractivity contribution in [1.82, 2.24) is 4.98 Å². The van der Waals surface area contributed by atoms with E-state index >= 15 is 0 Å². The second kappa shape index (κ2) is 5.24. The van der Waals surface area contributed by atoms with Gasteiger partial charge >= 0.3 is 6.09 Å². The third-order valence-corrected chi connectivity index (χ3v) is 2.22. The summed E-state index contributed by atoms with van der Waals surface area (Å²) in [5.74, 6) is 0.166. The van der Waals surface area contributed by atoms with E-state index < -0.39 is 22.8 Å². The molecular weight excluding hydrogens is 244 g/mol. The molecule has 0 aliphatic carbocycles. The molecule has 0 saturated carbocycles. The quantitative estimate of drug-likeness (QED) is 0.792. The molecule has 1 unspecified atom stereocenters. The highest BCUT2D eigenvalue weighted by Crippen LogP contribution is 2.12. The largest absolute Gasteiger partial charge is 0.444 e. The Morgan fingerprint density at radius 1 is 1.53 bits per heavy atom. The van der Waals surface area contributed by atoms with E-state index in [1.54, 1.807) is 20.8 Å². The van der Waals surface area contributed by atoms with Gasteiger partial charge in [-0.3, -0.25) is 5.32 Å². The maximum Gasteiger partial charge on any atom is 0.413 e. The van der Waals surface area contributed by atoms with Crippen molar-refractivity contribution in [3.8, 4) is 0 Å². The van der Waals surface area contributed by atoms with Gasteiger partial charge in [0.05, 0.1) is 4.90 Å². The lowest BCUT2D eigenvalue weighted by Gasteiger charge is -2.19. The molecule has 1 amide bonds. The second-order valence-corrected chi connectivity index (χ2v) is 5.22. The molecular formula is C10H14N2O4S.